The van der Waals surface area contributed by atoms with E-state index in [1.807, 2.05) is 0 Å². The smallest absolute Gasteiger partial charge is 0.408 e. The Morgan fingerprint density at radius 2 is 1.75 bits per heavy atom. The van der Waals surface area contributed by atoms with E-state index in [9.17, 15) is 29.4 Å². The van der Waals surface area contributed by atoms with Crippen LogP contribution in [0.1, 0.15) is 49.0 Å². The molecule has 0 radical (unpaired) electrons. The minimum atomic E-state index is -1.57. The quantitative estimate of drug-likeness (QED) is 0.269. The lowest BCUT2D eigenvalue weighted by molar-refractivity contribution is -0.141. The first kappa shape index (κ1) is 22.7. The number of benzene rings is 1. The fourth-order valence-electron chi connectivity index (χ4n) is 2.49. The van der Waals surface area contributed by atoms with E-state index in [0.29, 0.717) is 0 Å². The number of primary amides is 1. The molecule has 0 fully saturated rings. The van der Waals surface area contributed by atoms with Crippen LogP contribution in [0, 0.1) is 0 Å². The van der Waals surface area contributed by atoms with Crippen LogP contribution < -0.4 is 22.3 Å². The van der Waals surface area contributed by atoms with Gasteiger partial charge in [0, 0.05) is 0 Å². The summed E-state index contributed by atoms with van der Waals surface area (Å²) in [6.07, 6.45) is -1.53. The first-order chi connectivity index (χ1) is 12.9. The number of anilines is 1. The minimum Gasteiger partial charge on any atom is -0.481 e. The molecule has 8 N–H and O–H groups in total. The number of para-hydroxylation sites is 1. The Hall–Kier alpha value is -3.34. The third kappa shape index (κ3) is 6.13. The van der Waals surface area contributed by atoms with Crippen LogP contribution >= 0.6 is 0 Å². The molecule has 0 aromatic heterocycles. The van der Waals surface area contributed by atoms with Crippen LogP contribution in [0.4, 0.5) is 10.5 Å². The van der Waals surface area contributed by atoms with Crippen molar-refractivity contribution in [2.75, 3.05) is 5.43 Å². The molecule has 0 saturated carbocycles. The SMILES string of the molecule is CC(C)(C)OC(=O)N[C@@H](CC(C(=O)O)c1cccc(C(N)=O)c1NN)C(=O)O. The molecule has 0 aliphatic heterocycles. The number of alkyl carbamates (subject to hydrolysis) is 1. The standard InChI is InChI=1S/C17H24N4O7/c1-17(2,3)28-16(27)20-11(15(25)26)7-10(14(23)24)8-5-4-6-9(13(18)22)12(8)21-19/h4-6,10-11,21H,7,19H2,1-3H3,(H2,18,22)(H,20,27)(H,23,24)(H,25,26)/t10?,11-/m0/s1. The summed E-state index contributed by atoms with van der Waals surface area (Å²) in [5, 5.41) is 21.1. The Labute approximate surface area is 161 Å². The maximum atomic E-state index is 11.9. The number of nitrogens with one attached hydrogen (secondary N) is 2. The van der Waals surface area contributed by atoms with Gasteiger partial charge in [0.2, 0.25) is 0 Å². The van der Waals surface area contributed by atoms with E-state index in [2.05, 4.69) is 10.7 Å². The van der Waals surface area contributed by atoms with E-state index in [1.165, 1.54) is 18.2 Å². The maximum absolute atomic E-state index is 11.9. The van der Waals surface area contributed by atoms with Crippen molar-refractivity contribution in [1.29, 1.82) is 0 Å². The lowest BCUT2D eigenvalue weighted by atomic mass is 9.89. The maximum Gasteiger partial charge on any atom is 0.408 e. The number of rotatable bonds is 8. The molecule has 2 amide bonds. The number of carbonyl (C=O) groups excluding carboxylic acids is 2. The third-order valence-corrected chi connectivity index (χ3v) is 3.64. The largest absolute Gasteiger partial charge is 0.481 e. The number of nitrogen functional groups attached to an aromatic ring is 1. The number of hydrogen-bond donors (Lipinski definition) is 6. The summed E-state index contributed by atoms with van der Waals surface area (Å²) in [6, 6.07) is 2.53. The molecule has 1 aromatic rings. The number of carboxylic acid groups (broad SMARTS) is 2. The average Bonchev–Trinajstić information content (AvgIpc) is 2.55. The second-order valence-electron chi connectivity index (χ2n) is 6.94. The molecule has 0 heterocycles. The summed E-state index contributed by atoms with van der Waals surface area (Å²) >= 11 is 0. The lowest BCUT2D eigenvalue weighted by Crippen LogP contribution is -2.44. The zero-order valence-electron chi connectivity index (χ0n) is 15.7. The molecule has 0 spiro atoms. The number of hydrogen-bond acceptors (Lipinski definition) is 7. The fraction of sp³-hybridized carbons (Fsp3) is 0.412. The average molecular weight is 396 g/mol. The van der Waals surface area contributed by atoms with Gasteiger partial charge in [0.25, 0.3) is 5.91 Å². The van der Waals surface area contributed by atoms with Gasteiger partial charge in [0.1, 0.15) is 11.6 Å². The molecule has 0 aliphatic rings. The van der Waals surface area contributed by atoms with E-state index >= 15 is 0 Å². The number of hydrazine groups is 1. The van der Waals surface area contributed by atoms with Crippen LogP contribution in [0.3, 0.4) is 0 Å². The van der Waals surface area contributed by atoms with Gasteiger partial charge in [0.05, 0.1) is 17.2 Å². The molecule has 1 rings (SSSR count). The van der Waals surface area contributed by atoms with E-state index in [1.54, 1.807) is 20.8 Å². The molecule has 0 bridgehead atoms. The third-order valence-electron chi connectivity index (χ3n) is 3.64. The molecule has 1 unspecified atom stereocenters. The topological polar surface area (TPSA) is 194 Å². The van der Waals surface area contributed by atoms with Gasteiger partial charge in [-0.05, 0) is 38.8 Å². The Bertz CT molecular complexity index is 773. The van der Waals surface area contributed by atoms with Crippen LogP contribution in [0.5, 0.6) is 0 Å². The van der Waals surface area contributed by atoms with Crippen molar-refractivity contribution in [2.45, 2.75) is 44.8 Å². The second-order valence-corrected chi connectivity index (χ2v) is 6.94. The number of nitrogens with two attached hydrogens (primary N) is 2. The molecule has 154 valence electrons. The summed E-state index contributed by atoms with van der Waals surface area (Å²) in [5.74, 6) is 0.317. The van der Waals surface area contributed by atoms with Gasteiger partial charge in [-0.25, -0.2) is 9.59 Å². The van der Waals surface area contributed by atoms with Crippen molar-refractivity contribution >= 4 is 29.6 Å². The number of aliphatic carboxylic acids is 2. The summed E-state index contributed by atoms with van der Waals surface area (Å²) in [6.45, 7) is 4.78. The van der Waals surface area contributed by atoms with Crippen molar-refractivity contribution in [2.24, 2.45) is 11.6 Å². The first-order valence-electron chi connectivity index (χ1n) is 8.21. The summed E-state index contributed by atoms with van der Waals surface area (Å²) in [5.41, 5.74) is 6.57. The monoisotopic (exact) mass is 396 g/mol. The summed E-state index contributed by atoms with van der Waals surface area (Å²) in [4.78, 5) is 46.8. The molecule has 11 nitrogen and oxygen atoms in total. The molecule has 1 aromatic carbocycles. The Morgan fingerprint density at radius 1 is 1.14 bits per heavy atom. The van der Waals surface area contributed by atoms with E-state index in [-0.39, 0.29) is 16.8 Å². The molecule has 0 aliphatic carbocycles. The molecule has 11 heteroatoms. The van der Waals surface area contributed by atoms with Gasteiger partial charge in [-0.1, -0.05) is 12.1 Å². The number of amides is 2. The van der Waals surface area contributed by atoms with Crippen molar-refractivity contribution in [3.05, 3.63) is 29.3 Å². The first-order valence-corrected chi connectivity index (χ1v) is 8.21. The van der Waals surface area contributed by atoms with Crippen LogP contribution in [0.25, 0.3) is 0 Å². The van der Waals surface area contributed by atoms with Crippen LogP contribution in [0.2, 0.25) is 0 Å². The Morgan fingerprint density at radius 3 is 2.18 bits per heavy atom. The Balaban J connectivity index is 3.23. The number of ether oxygens (including phenoxy) is 1. The normalized spacial score (nSPS) is 13.1. The molecule has 28 heavy (non-hydrogen) atoms. The van der Waals surface area contributed by atoms with E-state index < -0.39 is 47.9 Å². The van der Waals surface area contributed by atoms with E-state index in [4.69, 9.17) is 16.3 Å². The summed E-state index contributed by atoms with van der Waals surface area (Å²) in [7, 11) is 0. The van der Waals surface area contributed by atoms with Gasteiger partial charge in [0.15, 0.2) is 0 Å². The van der Waals surface area contributed by atoms with Gasteiger partial charge < -0.3 is 31.4 Å². The summed E-state index contributed by atoms with van der Waals surface area (Å²) < 4.78 is 5.01. The highest BCUT2D eigenvalue weighted by Crippen LogP contribution is 2.31. The molecular formula is C17H24N4O7. The van der Waals surface area contributed by atoms with Gasteiger partial charge in [-0.15, -0.1) is 0 Å². The highest BCUT2D eigenvalue weighted by Gasteiger charge is 2.33. The fourth-order valence-corrected chi connectivity index (χ4v) is 2.49. The Kier molecular flexibility index (Phi) is 7.33. The van der Waals surface area contributed by atoms with Crippen molar-refractivity contribution in [3.63, 3.8) is 0 Å². The highest BCUT2D eigenvalue weighted by atomic mass is 16.6. The molecule has 0 saturated heterocycles. The van der Waals surface area contributed by atoms with Crippen LogP contribution in [-0.4, -0.2) is 45.8 Å². The van der Waals surface area contributed by atoms with Gasteiger partial charge >= 0.3 is 18.0 Å². The molecule has 2 atom stereocenters. The van der Waals surface area contributed by atoms with Crippen LogP contribution in [-0.2, 0) is 14.3 Å². The second kappa shape index (κ2) is 9.04. The molecular weight excluding hydrogens is 372 g/mol. The minimum absolute atomic E-state index is 0.0381. The highest BCUT2D eigenvalue weighted by molar-refractivity contribution is 6.00. The van der Waals surface area contributed by atoms with E-state index in [0.717, 1.165) is 0 Å². The number of carboxylic acids is 2. The zero-order chi connectivity index (χ0) is 21.6. The van der Waals surface area contributed by atoms with Crippen molar-refractivity contribution < 1.29 is 34.1 Å². The lowest BCUT2D eigenvalue weighted by Gasteiger charge is -2.24. The van der Waals surface area contributed by atoms with Gasteiger partial charge in [-0.3, -0.25) is 15.4 Å². The van der Waals surface area contributed by atoms with Crippen LogP contribution in [0.15, 0.2) is 18.2 Å². The predicted molar refractivity (Wildman–Crippen MR) is 98.6 cm³/mol. The predicted octanol–water partition coefficient (Wildman–Crippen LogP) is 0.607. The van der Waals surface area contributed by atoms with Gasteiger partial charge in [-0.2, -0.15) is 0 Å². The zero-order valence-corrected chi connectivity index (χ0v) is 15.7. The van der Waals surface area contributed by atoms with Crippen molar-refractivity contribution in [3.8, 4) is 0 Å². The number of carbonyl (C=O) groups is 4. The van der Waals surface area contributed by atoms with Crippen molar-refractivity contribution in [1.82, 2.24) is 5.32 Å².